The number of nitrogens with one attached hydrogen (secondary N) is 2. The molecule has 0 aromatic carbocycles. The molecule has 1 aromatic heterocycles. The molecule has 0 aliphatic heterocycles. The van der Waals surface area contributed by atoms with Gasteiger partial charge in [-0.2, -0.15) is 5.10 Å². The monoisotopic (exact) mass is 308 g/mol. The van der Waals surface area contributed by atoms with Gasteiger partial charge in [0.1, 0.15) is 12.4 Å². The third kappa shape index (κ3) is 4.81. The summed E-state index contributed by atoms with van der Waals surface area (Å²) in [7, 11) is 0. The third-order valence-electron chi connectivity index (χ3n) is 3.77. The quantitative estimate of drug-likeness (QED) is 0.601. The molecule has 1 aromatic rings. The van der Waals surface area contributed by atoms with E-state index in [1.807, 2.05) is 0 Å². The molecule has 0 unspecified atom stereocenters. The van der Waals surface area contributed by atoms with Crippen LogP contribution in [0.3, 0.4) is 0 Å². The van der Waals surface area contributed by atoms with Gasteiger partial charge in [-0.25, -0.2) is 0 Å². The highest BCUT2D eigenvalue weighted by Gasteiger charge is 2.10. The Labute approximate surface area is 130 Å². The number of amides is 1. The topological polar surface area (TPSA) is 62.7 Å². The lowest BCUT2D eigenvalue weighted by atomic mass is 9.97. The first-order valence-electron chi connectivity index (χ1n) is 7.79. The van der Waals surface area contributed by atoms with Gasteiger partial charge in [-0.15, -0.1) is 0 Å². The minimum Gasteiger partial charge on any atom is -0.354 e. The molecular weight excluding hydrogens is 284 g/mol. The number of aromatic amines is 1. The van der Waals surface area contributed by atoms with Crippen LogP contribution in [0, 0.1) is 4.77 Å². The molecule has 0 saturated carbocycles. The molecule has 2 rings (SSSR count). The van der Waals surface area contributed by atoms with E-state index in [9.17, 15) is 4.79 Å². The van der Waals surface area contributed by atoms with Gasteiger partial charge in [-0.3, -0.25) is 14.5 Å². The Morgan fingerprint density at radius 1 is 1.48 bits per heavy atom. The molecule has 0 bridgehead atoms. The summed E-state index contributed by atoms with van der Waals surface area (Å²) in [5, 5.41) is 9.91. The zero-order valence-electron chi connectivity index (χ0n) is 12.7. The fraction of sp³-hybridized carbons (Fsp3) is 0.667. The van der Waals surface area contributed by atoms with Crippen LogP contribution in [0.15, 0.2) is 11.6 Å². The Morgan fingerprint density at radius 3 is 3.05 bits per heavy atom. The largest absolute Gasteiger partial charge is 0.354 e. The number of carbonyl (C=O) groups is 1. The van der Waals surface area contributed by atoms with Crippen LogP contribution in [0.2, 0.25) is 0 Å². The molecule has 5 nitrogen and oxygen atoms in total. The lowest BCUT2D eigenvalue weighted by molar-refractivity contribution is -0.121. The molecule has 1 amide bonds. The lowest BCUT2D eigenvalue weighted by Gasteiger charge is -2.13. The van der Waals surface area contributed by atoms with Crippen molar-refractivity contribution in [1.82, 2.24) is 20.1 Å². The molecule has 0 spiro atoms. The van der Waals surface area contributed by atoms with E-state index in [0.29, 0.717) is 11.3 Å². The number of hydrogen-bond donors (Lipinski definition) is 2. The van der Waals surface area contributed by atoms with Gasteiger partial charge in [0.25, 0.3) is 0 Å². The molecule has 0 radical (unpaired) electrons. The Balaban J connectivity index is 1.80. The second-order valence-electron chi connectivity index (χ2n) is 5.49. The Morgan fingerprint density at radius 2 is 2.33 bits per heavy atom. The highest BCUT2D eigenvalue weighted by Crippen LogP contribution is 2.19. The summed E-state index contributed by atoms with van der Waals surface area (Å²) in [6, 6.07) is 0. The fourth-order valence-electron chi connectivity index (χ4n) is 2.62. The van der Waals surface area contributed by atoms with E-state index in [2.05, 4.69) is 28.5 Å². The predicted octanol–water partition coefficient (Wildman–Crippen LogP) is 2.90. The van der Waals surface area contributed by atoms with E-state index in [-0.39, 0.29) is 12.5 Å². The number of nitrogens with zero attached hydrogens (tertiary/aromatic N) is 2. The van der Waals surface area contributed by atoms with E-state index >= 15 is 0 Å². The fourth-order valence-corrected chi connectivity index (χ4v) is 2.84. The maximum atomic E-state index is 12.0. The van der Waals surface area contributed by atoms with Crippen molar-refractivity contribution in [2.45, 2.75) is 58.4 Å². The molecule has 0 atom stereocenters. The van der Waals surface area contributed by atoms with Crippen molar-refractivity contribution in [1.29, 1.82) is 0 Å². The zero-order chi connectivity index (χ0) is 15.1. The summed E-state index contributed by atoms with van der Waals surface area (Å²) in [5.74, 6) is 0.855. The molecule has 2 N–H and O–H groups in total. The lowest BCUT2D eigenvalue weighted by Crippen LogP contribution is -2.29. The van der Waals surface area contributed by atoms with E-state index in [0.717, 1.165) is 25.1 Å². The van der Waals surface area contributed by atoms with Crippen molar-refractivity contribution in [3.05, 3.63) is 22.2 Å². The highest BCUT2D eigenvalue weighted by molar-refractivity contribution is 7.71. The van der Waals surface area contributed by atoms with Crippen LogP contribution in [0.5, 0.6) is 0 Å². The molecule has 1 aliphatic carbocycles. The van der Waals surface area contributed by atoms with Crippen LogP contribution in [0.25, 0.3) is 0 Å². The van der Waals surface area contributed by atoms with Crippen molar-refractivity contribution in [2.75, 3.05) is 6.54 Å². The SMILES string of the molecule is CCCc1n[nH]c(=S)n1CC(=O)NCCC1=CCCCC1. The van der Waals surface area contributed by atoms with Gasteiger partial charge < -0.3 is 5.32 Å². The van der Waals surface area contributed by atoms with Crippen molar-refractivity contribution >= 4 is 18.1 Å². The number of aromatic nitrogens is 3. The van der Waals surface area contributed by atoms with Gasteiger partial charge in [0.05, 0.1) is 0 Å². The first-order chi connectivity index (χ1) is 10.2. The Bertz CT molecular complexity index is 558. The van der Waals surface area contributed by atoms with E-state index in [1.54, 1.807) is 4.57 Å². The predicted molar refractivity (Wildman–Crippen MR) is 85.6 cm³/mol. The second-order valence-corrected chi connectivity index (χ2v) is 5.88. The highest BCUT2D eigenvalue weighted by atomic mass is 32.1. The Hall–Kier alpha value is -1.43. The molecule has 21 heavy (non-hydrogen) atoms. The van der Waals surface area contributed by atoms with Crippen molar-refractivity contribution in [3.63, 3.8) is 0 Å². The summed E-state index contributed by atoms with van der Waals surface area (Å²) >= 11 is 5.18. The van der Waals surface area contributed by atoms with Crippen molar-refractivity contribution in [3.8, 4) is 0 Å². The Kier molecular flexibility index (Phi) is 6.17. The normalized spacial score (nSPS) is 14.8. The average molecular weight is 308 g/mol. The molecule has 6 heteroatoms. The summed E-state index contributed by atoms with van der Waals surface area (Å²) < 4.78 is 2.30. The minimum atomic E-state index is 0.00117. The van der Waals surface area contributed by atoms with Gasteiger partial charge in [-0.05, 0) is 50.7 Å². The standard InChI is InChI=1S/C15H24N4OS/c1-2-6-13-17-18-15(21)19(13)11-14(20)16-10-9-12-7-4-3-5-8-12/h7H,2-6,8-11H2,1H3,(H,16,20)(H,18,21). The maximum Gasteiger partial charge on any atom is 0.240 e. The van der Waals surface area contributed by atoms with Crippen LogP contribution in [0.1, 0.15) is 51.3 Å². The van der Waals surface area contributed by atoms with Crippen LogP contribution in [-0.4, -0.2) is 27.2 Å². The van der Waals surface area contributed by atoms with Gasteiger partial charge >= 0.3 is 0 Å². The average Bonchev–Trinajstić information content (AvgIpc) is 2.82. The number of carbonyl (C=O) groups excluding carboxylic acids is 1. The number of allylic oxidation sites excluding steroid dienone is 1. The first-order valence-corrected chi connectivity index (χ1v) is 8.20. The molecule has 0 fully saturated rings. The van der Waals surface area contributed by atoms with Crippen LogP contribution in [-0.2, 0) is 17.8 Å². The van der Waals surface area contributed by atoms with E-state index in [1.165, 1.54) is 31.3 Å². The number of rotatable bonds is 7. The number of hydrogen-bond acceptors (Lipinski definition) is 3. The third-order valence-corrected chi connectivity index (χ3v) is 4.08. The molecule has 1 aliphatic rings. The second kappa shape index (κ2) is 8.12. The smallest absolute Gasteiger partial charge is 0.240 e. The van der Waals surface area contributed by atoms with E-state index in [4.69, 9.17) is 12.2 Å². The van der Waals surface area contributed by atoms with Gasteiger partial charge in [0, 0.05) is 13.0 Å². The number of aryl methyl sites for hydroxylation is 1. The van der Waals surface area contributed by atoms with Gasteiger partial charge in [0.2, 0.25) is 5.91 Å². The zero-order valence-corrected chi connectivity index (χ0v) is 13.5. The molecule has 0 saturated heterocycles. The van der Waals surface area contributed by atoms with Crippen LogP contribution in [0.4, 0.5) is 0 Å². The molecule has 1 heterocycles. The van der Waals surface area contributed by atoms with Gasteiger partial charge in [0.15, 0.2) is 4.77 Å². The minimum absolute atomic E-state index is 0.00117. The van der Waals surface area contributed by atoms with Crippen LogP contribution >= 0.6 is 12.2 Å². The summed E-state index contributed by atoms with van der Waals surface area (Å²) in [6.07, 6.45) is 10.0. The first kappa shape index (κ1) is 15.9. The van der Waals surface area contributed by atoms with E-state index < -0.39 is 0 Å². The molecule has 116 valence electrons. The van der Waals surface area contributed by atoms with Crippen molar-refractivity contribution in [2.24, 2.45) is 0 Å². The number of H-pyrrole nitrogens is 1. The van der Waals surface area contributed by atoms with Gasteiger partial charge in [-0.1, -0.05) is 18.6 Å². The summed E-state index contributed by atoms with van der Waals surface area (Å²) in [4.78, 5) is 12.0. The summed E-state index contributed by atoms with van der Waals surface area (Å²) in [6.45, 7) is 3.04. The van der Waals surface area contributed by atoms with Crippen LogP contribution < -0.4 is 5.32 Å². The molecular formula is C15H24N4OS. The maximum absolute atomic E-state index is 12.0. The van der Waals surface area contributed by atoms with Crippen molar-refractivity contribution < 1.29 is 4.79 Å². The summed E-state index contributed by atoms with van der Waals surface area (Å²) in [5.41, 5.74) is 1.48.